The second-order valence-electron chi connectivity index (χ2n) is 5.32. The SMILES string of the molecule is CN(CCC1CCNCC1)S(=O)(=O)N1CCOCC1. The summed E-state index contributed by atoms with van der Waals surface area (Å²) in [6.45, 7) is 4.68. The van der Waals surface area contributed by atoms with Gasteiger partial charge in [-0.15, -0.1) is 0 Å². The maximum absolute atomic E-state index is 12.3. The molecule has 0 radical (unpaired) electrons. The van der Waals surface area contributed by atoms with E-state index >= 15 is 0 Å². The molecule has 2 fully saturated rings. The largest absolute Gasteiger partial charge is 0.379 e. The maximum Gasteiger partial charge on any atom is 0.281 e. The Balaban J connectivity index is 1.81. The Morgan fingerprint density at radius 2 is 1.89 bits per heavy atom. The number of rotatable bonds is 5. The lowest BCUT2D eigenvalue weighted by Crippen LogP contribution is -2.47. The summed E-state index contributed by atoms with van der Waals surface area (Å²) in [7, 11) is -1.61. The summed E-state index contributed by atoms with van der Waals surface area (Å²) < 4.78 is 32.9. The third-order valence-corrected chi connectivity index (χ3v) is 5.99. The molecule has 0 spiro atoms. The molecule has 0 unspecified atom stereocenters. The Labute approximate surface area is 116 Å². The molecule has 2 saturated heterocycles. The Morgan fingerprint density at radius 1 is 1.26 bits per heavy atom. The highest BCUT2D eigenvalue weighted by atomic mass is 32.2. The van der Waals surface area contributed by atoms with Crippen molar-refractivity contribution in [2.45, 2.75) is 19.3 Å². The van der Waals surface area contributed by atoms with Gasteiger partial charge in [0.25, 0.3) is 10.2 Å². The van der Waals surface area contributed by atoms with Crippen LogP contribution in [0.1, 0.15) is 19.3 Å². The monoisotopic (exact) mass is 291 g/mol. The summed E-state index contributed by atoms with van der Waals surface area (Å²) in [5.74, 6) is 0.656. The molecule has 19 heavy (non-hydrogen) atoms. The molecule has 0 bridgehead atoms. The summed E-state index contributed by atoms with van der Waals surface area (Å²) >= 11 is 0. The van der Waals surface area contributed by atoms with Crippen molar-refractivity contribution >= 4 is 10.2 Å². The first-order chi connectivity index (χ1) is 9.10. The van der Waals surface area contributed by atoms with E-state index < -0.39 is 10.2 Å². The minimum atomic E-state index is -3.29. The first-order valence-electron chi connectivity index (χ1n) is 7.10. The van der Waals surface area contributed by atoms with Gasteiger partial charge in [-0.05, 0) is 38.3 Å². The summed E-state index contributed by atoms with van der Waals surface area (Å²) in [4.78, 5) is 0. The van der Waals surface area contributed by atoms with E-state index in [4.69, 9.17) is 4.74 Å². The lowest BCUT2D eigenvalue weighted by molar-refractivity contribution is 0.0705. The highest BCUT2D eigenvalue weighted by Gasteiger charge is 2.28. The molecule has 2 rings (SSSR count). The number of nitrogens with one attached hydrogen (secondary N) is 1. The fraction of sp³-hybridized carbons (Fsp3) is 1.00. The highest BCUT2D eigenvalue weighted by molar-refractivity contribution is 7.86. The molecule has 0 aliphatic carbocycles. The first kappa shape index (κ1) is 15.2. The zero-order valence-corrected chi connectivity index (χ0v) is 12.5. The van der Waals surface area contributed by atoms with Crippen LogP contribution >= 0.6 is 0 Å². The molecule has 1 N–H and O–H groups in total. The molecule has 0 aromatic heterocycles. The van der Waals surface area contributed by atoms with Gasteiger partial charge in [0.2, 0.25) is 0 Å². The lowest BCUT2D eigenvalue weighted by Gasteiger charge is -2.31. The number of hydrogen-bond acceptors (Lipinski definition) is 4. The van der Waals surface area contributed by atoms with E-state index in [1.54, 1.807) is 7.05 Å². The molecule has 6 nitrogen and oxygen atoms in total. The molecule has 0 amide bonds. The Hall–Kier alpha value is -0.210. The normalized spacial score (nSPS) is 23.9. The first-order valence-corrected chi connectivity index (χ1v) is 8.50. The van der Waals surface area contributed by atoms with Crippen molar-refractivity contribution in [2.24, 2.45) is 5.92 Å². The van der Waals surface area contributed by atoms with E-state index in [1.165, 1.54) is 8.61 Å². The molecule has 0 atom stereocenters. The van der Waals surface area contributed by atoms with Crippen LogP contribution in [0.5, 0.6) is 0 Å². The van der Waals surface area contributed by atoms with Crippen LogP contribution in [-0.4, -0.2) is 70.0 Å². The smallest absolute Gasteiger partial charge is 0.281 e. The van der Waals surface area contributed by atoms with Gasteiger partial charge < -0.3 is 10.1 Å². The summed E-state index contributed by atoms with van der Waals surface area (Å²) in [6.07, 6.45) is 3.28. The second-order valence-corrected chi connectivity index (χ2v) is 7.36. The van der Waals surface area contributed by atoms with Crippen LogP contribution in [0.3, 0.4) is 0 Å². The summed E-state index contributed by atoms with van der Waals surface area (Å²) in [5.41, 5.74) is 0. The van der Waals surface area contributed by atoms with E-state index in [0.29, 0.717) is 38.8 Å². The van der Waals surface area contributed by atoms with Crippen LogP contribution in [0.15, 0.2) is 0 Å². The van der Waals surface area contributed by atoms with Gasteiger partial charge in [0.05, 0.1) is 13.2 Å². The van der Waals surface area contributed by atoms with Crippen LogP contribution in [0.4, 0.5) is 0 Å². The Kier molecular flexibility index (Phi) is 5.58. The predicted molar refractivity (Wildman–Crippen MR) is 74.2 cm³/mol. The Bertz CT molecular complexity index is 362. The topological polar surface area (TPSA) is 61.9 Å². The quantitative estimate of drug-likeness (QED) is 0.767. The molecular weight excluding hydrogens is 266 g/mol. The molecular formula is C12H25N3O3S. The number of morpholine rings is 1. The number of nitrogens with zero attached hydrogens (tertiary/aromatic N) is 2. The molecule has 0 aromatic carbocycles. The van der Waals surface area contributed by atoms with E-state index in [2.05, 4.69) is 5.32 Å². The maximum atomic E-state index is 12.3. The van der Waals surface area contributed by atoms with Crippen LogP contribution in [0.2, 0.25) is 0 Å². The van der Waals surface area contributed by atoms with Crippen molar-refractivity contribution in [3.8, 4) is 0 Å². The minimum absolute atomic E-state index is 0.472. The van der Waals surface area contributed by atoms with E-state index in [0.717, 1.165) is 32.4 Å². The molecule has 0 aromatic rings. The van der Waals surface area contributed by atoms with Crippen molar-refractivity contribution in [3.05, 3.63) is 0 Å². The van der Waals surface area contributed by atoms with Crippen molar-refractivity contribution < 1.29 is 13.2 Å². The Morgan fingerprint density at radius 3 is 2.53 bits per heavy atom. The van der Waals surface area contributed by atoms with Gasteiger partial charge in [0, 0.05) is 26.7 Å². The fourth-order valence-electron chi connectivity index (χ4n) is 2.62. The standard InChI is InChI=1S/C12H25N3O3S/c1-14(7-4-12-2-5-13-6-3-12)19(16,17)15-8-10-18-11-9-15/h12-13H,2-11H2,1H3. The van der Waals surface area contributed by atoms with Crippen molar-refractivity contribution in [2.75, 3.05) is 53.0 Å². The average molecular weight is 291 g/mol. The van der Waals surface area contributed by atoms with Crippen LogP contribution in [0, 0.1) is 5.92 Å². The highest BCUT2D eigenvalue weighted by Crippen LogP contribution is 2.18. The second kappa shape index (κ2) is 6.99. The van der Waals surface area contributed by atoms with Crippen molar-refractivity contribution in [1.82, 2.24) is 13.9 Å². The van der Waals surface area contributed by atoms with E-state index in [-0.39, 0.29) is 0 Å². The summed E-state index contributed by atoms with van der Waals surface area (Å²) in [5, 5.41) is 3.33. The van der Waals surface area contributed by atoms with Crippen molar-refractivity contribution in [3.63, 3.8) is 0 Å². The summed E-state index contributed by atoms with van der Waals surface area (Å²) in [6, 6.07) is 0. The van der Waals surface area contributed by atoms with Gasteiger partial charge in [-0.3, -0.25) is 0 Å². The zero-order chi connectivity index (χ0) is 13.7. The number of ether oxygens (including phenoxy) is 1. The minimum Gasteiger partial charge on any atom is -0.379 e. The van der Waals surface area contributed by atoms with Crippen LogP contribution in [-0.2, 0) is 14.9 Å². The predicted octanol–water partition coefficient (Wildman–Crippen LogP) is -0.115. The third kappa shape index (κ3) is 4.13. The van der Waals surface area contributed by atoms with Gasteiger partial charge in [-0.2, -0.15) is 17.0 Å². The van der Waals surface area contributed by atoms with Crippen LogP contribution in [0.25, 0.3) is 0 Å². The van der Waals surface area contributed by atoms with Crippen molar-refractivity contribution in [1.29, 1.82) is 0 Å². The molecule has 0 saturated carbocycles. The fourth-order valence-corrected chi connectivity index (χ4v) is 3.97. The lowest BCUT2D eigenvalue weighted by atomic mass is 9.95. The van der Waals surface area contributed by atoms with Gasteiger partial charge in [-0.1, -0.05) is 0 Å². The molecule has 2 aliphatic heterocycles. The number of piperidine rings is 1. The molecule has 112 valence electrons. The van der Waals surface area contributed by atoms with Gasteiger partial charge in [-0.25, -0.2) is 0 Å². The van der Waals surface area contributed by atoms with Crippen LogP contribution < -0.4 is 5.32 Å². The van der Waals surface area contributed by atoms with Gasteiger partial charge in [0.1, 0.15) is 0 Å². The zero-order valence-electron chi connectivity index (χ0n) is 11.7. The third-order valence-electron chi connectivity index (χ3n) is 4.00. The average Bonchev–Trinajstić information content (AvgIpc) is 2.46. The molecule has 2 heterocycles. The van der Waals surface area contributed by atoms with Gasteiger partial charge >= 0.3 is 0 Å². The van der Waals surface area contributed by atoms with E-state index in [9.17, 15) is 8.42 Å². The molecule has 2 aliphatic rings. The molecule has 7 heteroatoms. The number of hydrogen-bond donors (Lipinski definition) is 1. The van der Waals surface area contributed by atoms with Gasteiger partial charge in [0.15, 0.2) is 0 Å². The van der Waals surface area contributed by atoms with E-state index in [1.807, 2.05) is 0 Å².